The van der Waals surface area contributed by atoms with Crippen molar-refractivity contribution in [2.45, 2.75) is 78.8 Å². The van der Waals surface area contributed by atoms with Gasteiger partial charge in [0.15, 0.2) is 0 Å². The van der Waals surface area contributed by atoms with Crippen LogP contribution in [0.2, 0.25) is 0 Å². The van der Waals surface area contributed by atoms with Crippen molar-refractivity contribution in [1.29, 1.82) is 0 Å². The van der Waals surface area contributed by atoms with Crippen LogP contribution in [0.5, 0.6) is 0 Å². The fraction of sp³-hybridized carbons (Fsp3) is 0.812. The Morgan fingerprint density at radius 2 is 1.95 bits per heavy atom. The van der Waals surface area contributed by atoms with Crippen molar-refractivity contribution < 1.29 is 0 Å². The molecule has 1 rings (SSSR count). The second kappa shape index (κ2) is 9.56. The van der Waals surface area contributed by atoms with E-state index in [9.17, 15) is 0 Å². The number of nitrogens with one attached hydrogen (secondary N) is 1. The number of hydrogen-bond acceptors (Lipinski definition) is 2. The van der Waals surface area contributed by atoms with Gasteiger partial charge in [0, 0.05) is 19.0 Å². The predicted molar refractivity (Wildman–Crippen MR) is 90.3 cm³/mol. The highest BCUT2D eigenvalue weighted by atomic mass is 79.9. The summed E-state index contributed by atoms with van der Waals surface area (Å²) in [7, 11) is 0. The van der Waals surface area contributed by atoms with Crippen LogP contribution in [0.4, 0.5) is 0 Å². The second-order valence-corrected chi connectivity index (χ2v) is 6.31. The minimum atomic E-state index is 0.569. The maximum absolute atomic E-state index is 4.60. The summed E-state index contributed by atoms with van der Waals surface area (Å²) in [5, 5.41) is 8.30. The smallest absolute Gasteiger partial charge is 0.0738 e. The normalized spacial score (nSPS) is 12.8. The highest BCUT2D eigenvalue weighted by molar-refractivity contribution is 9.10. The molecular weight excluding hydrogens is 314 g/mol. The molecule has 0 saturated heterocycles. The Morgan fingerprint density at radius 3 is 2.55 bits per heavy atom. The lowest BCUT2D eigenvalue weighted by atomic mass is 10.0. The highest BCUT2D eigenvalue weighted by Crippen LogP contribution is 2.23. The molecule has 0 aliphatic rings. The number of hydrogen-bond donors (Lipinski definition) is 1. The number of aromatic nitrogens is 2. The van der Waals surface area contributed by atoms with E-state index in [2.05, 4.69) is 58.7 Å². The van der Waals surface area contributed by atoms with Gasteiger partial charge < -0.3 is 5.32 Å². The maximum atomic E-state index is 4.60. The minimum absolute atomic E-state index is 0.569. The Kier molecular flexibility index (Phi) is 8.46. The molecule has 3 nitrogen and oxygen atoms in total. The van der Waals surface area contributed by atoms with Crippen molar-refractivity contribution in [2.24, 2.45) is 0 Å². The lowest BCUT2D eigenvalue weighted by Crippen LogP contribution is -2.32. The Balaban J connectivity index is 2.71. The van der Waals surface area contributed by atoms with Gasteiger partial charge in [-0.3, -0.25) is 4.68 Å². The molecule has 1 aromatic rings. The third kappa shape index (κ3) is 5.21. The summed E-state index contributed by atoms with van der Waals surface area (Å²) in [5.74, 6) is 0. The molecule has 1 heterocycles. The molecule has 0 aliphatic carbocycles. The van der Waals surface area contributed by atoms with Gasteiger partial charge in [-0.1, -0.05) is 33.1 Å². The van der Waals surface area contributed by atoms with Gasteiger partial charge in [-0.2, -0.15) is 5.10 Å². The van der Waals surface area contributed by atoms with Crippen molar-refractivity contribution >= 4 is 15.9 Å². The van der Waals surface area contributed by atoms with E-state index >= 15 is 0 Å². The van der Waals surface area contributed by atoms with Crippen molar-refractivity contribution in [2.75, 3.05) is 6.54 Å². The van der Waals surface area contributed by atoms with E-state index in [1.807, 2.05) is 0 Å². The molecule has 116 valence electrons. The molecule has 4 heteroatoms. The molecule has 20 heavy (non-hydrogen) atoms. The second-order valence-electron chi connectivity index (χ2n) is 5.51. The number of aryl methyl sites for hydroxylation is 2. The first-order valence-corrected chi connectivity index (χ1v) is 8.88. The zero-order valence-corrected chi connectivity index (χ0v) is 15.1. The number of halogens is 1. The van der Waals surface area contributed by atoms with E-state index in [0.29, 0.717) is 6.04 Å². The first-order valence-electron chi connectivity index (χ1n) is 8.09. The Labute approximate surface area is 132 Å². The molecule has 0 radical (unpaired) electrons. The molecule has 0 bridgehead atoms. The van der Waals surface area contributed by atoms with Crippen LogP contribution in [-0.2, 0) is 13.0 Å². The van der Waals surface area contributed by atoms with E-state index in [4.69, 9.17) is 0 Å². The molecule has 1 aromatic heterocycles. The Hall–Kier alpha value is -0.350. The summed E-state index contributed by atoms with van der Waals surface area (Å²) in [5.41, 5.74) is 2.44. The lowest BCUT2D eigenvalue weighted by molar-refractivity contribution is 0.442. The van der Waals surface area contributed by atoms with Crippen molar-refractivity contribution in [3.63, 3.8) is 0 Å². The van der Waals surface area contributed by atoms with E-state index in [1.165, 1.54) is 42.3 Å². The minimum Gasteiger partial charge on any atom is -0.314 e. The summed E-state index contributed by atoms with van der Waals surface area (Å²) >= 11 is 3.71. The van der Waals surface area contributed by atoms with Crippen LogP contribution in [0.3, 0.4) is 0 Å². The summed E-state index contributed by atoms with van der Waals surface area (Å²) < 4.78 is 3.33. The van der Waals surface area contributed by atoms with Gasteiger partial charge in [0.1, 0.15) is 0 Å². The van der Waals surface area contributed by atoms with E-state index in [1.54, 1.807) is 0 Å². The third-order valence-corrected chi connectivity index (χ3v) is 4.76. The zero-order chi connectivity index (χ0) is 15.0. The summed E-state index contributed by atoms with van der Waals surface area (Å²) in [4.78, 5) is 0. The highest BCUT2D eigenvalue weighted by Gasteiger charge is 2.17. The largest absolute Gasteiger partial charge is 0.314 e. The lowest BCUT2D eigenvalue weighted by Gasteiger charge is -2.19. The molecule has 0 aliphatic heterocycles. The topological polar surface area (TPSA) is 29.9 Å². The van der Waals surface area contributed by atoms with E-state index in [-0.39, 0.29) is 0 Å². The SMILES string of the molecule is CCCCCC(Cc1c(Br)c(C)nn1CC)NCCC. The summed E-state index contributed by atoms with van der Waals surface area (Å²) in [6.45, 7) is 10.8. The maximum Gasteiger partial charge on any atom is 0.0738 e. The number of nitrogens with zero attached hydrogens (tertiary/aromatic N) is 2. The fourth-order valence-electron chi connectivity index (χ4n) is 2.56. The predicted octanol–water partition coefficient (Wildman–Crippen LogP) is 4.46. The Morgan fingerprint density at radius 1 is 1.20 bits per heavy atom. The van der Waals surface area contributed by atoms with Crippen LogP contribution in [-0.4, -0.2) is 22.4 Å². The molecule has 1 N–H and O–H groups in total. The molecule has 0 fully saturated rings. The molecule has 1 atom stereocenters. The van der Waals surface area contributed by atoms with Gasteiger partial charge in [0.05, 0.1) is 15.9 Å². The quantitative estimate of drug-likeness (QED) is 0.635. The van der Waals surface area contributed by atoms with Gasteiger partial charge in [0.2, 0.25) is 0 Å². The summed E-state index contributed by atoms with van der Waals surface area (Å²) in [6, 6.07) is 0.569. The van der Waals surface area contributed by atoms with Crippen molar-refractivity contribution in [3.05, 3.63) is 15.9 Å². The Bertz CT molecular complexity index is 387. The average molecular weight is 344 g/mol. The first-order chi connectivity index (χ1) is 9.63. The molecule has 0 amide bonds. The molecule has 0 aromatic carbocycles. The van der Waals surface area contributed by atoms with Crippen molar-refractivity contribution in [1.82, 2.24) is 15.1 Å². The van der Waals surface area contributed by atoms with Crippen molar-refractivity contribution in [3.8, 4) is 0 Å². The van der Waals surface area contributed by atoms with Crippen LogP contribution in [0.15, 0.2) is 4.47 Å². The number of unbranched alkanes of at least 4 members (excludes halogenated alkanes) is 2. The third-order valence-electron chi connectivity index (χ3n) is 3.73. The molecular formula is C16H30BrN3. The van der Waals surface area contributed by atoms with E-state index < -0.39 is 0 Å². The van der Waals surface area contributed by atoms with Crippen LogP contribution < -0.4 is 5.32 Å². The monoisotopic (exact) mass is 343 g/mol. The number of rotatable bonds is 10. The van der Waals surface area contributed by atoms with Crippen LogP contribution in [0.1, 0.15) is 64.3 Å². The average Bonchev–Trinajstić information content (AvgIpc) is 2.72. The van der Waals surface area contributed by atoms with Gasteiger partial charge in [-0.15, -0.1) is 0 Å². The van der Waals surface area contributed by atoms with Crippen LogP contribution >= 0.6 is 15.9 Å². The van der Waals surface area contributed by atoms with Gasteiger partial charge in [-0.05, 0) is 49.2 Å². The first kappa shape index (κ1) is 17.7. The van der Waals surface area contributed by atoms with E-state index in [0.717, 1.165) is 25.2 Å². The molecule has 1 unspecified atom stereocenters. The molecule has 0 saturated carbocycles. The molecule has 0 spiro atoms. The van der Waals surface area contributed by atoms with Gasteiger partial charge in [-0.25, -0.2) is 0 Å². The van der Waals surface area contributed by atoms with Gasteiger partial charge >= 0.3 is 0 Å². The summed E-state index contributed by atoms with van der Waals surface area (Å²) in [6.07, 6.45) is 7.45. The fourth-order valence-corrected chi connectivity index (χ4v) is 3.01. The zero-order valence-electron chi connectivity index (χ0n) is 13.5. The van der Waals surface area contributed by atoms with Gasteiger partial charge in [0.25, 0.3) is 0 Å². The standard InChI is InChI=1S/C16H30BrN3/c1-5-8-9-10-14(18-11-6-2)12-15-16(17)13(4)19-20(15)7-3/h14,18H,5-12H2,1-4H3. The van der Waals surface area contributed by atoms with Crippen LogP contribution in [0.25, 0.3) is 0 Å². The van der Waals surface area contributed by atoms with Crippen LogP contribution in [0, 0.1) is 6.92 Å².